The summed E-state index contributed by atoms with van der Waals surface area (Å²) in [7, 11) is 0. The van der Waals surface area contributed by atoms with E-state index in [1.165, 1.54) is 21.1 Å². The first-order valence-corrected chi connectivity index (χ1v) is 9.32. The lowest BCUT2D eigenvalue weighted by Gasteiger charge is -2.36. The summed E-state index contributed by atoms with van der Waals surface area (Å²) < 4.78 is 0. The van der Waals surface area contributed by atoms with Gasteiger partial charge in [-0.25, -0.2) is 0 Å². The molecule has 7 heteroatoms. The van der Waals surface area contributed by atoms with Crippen LogP contribution < -0.4 is 4.90 Å². The zero-order chi connectivity index (χ0) is 18.1. The van der Waals surface area contributed by atoms with Gasteiger partial charge in [-0.2, -0.15) is 0 Å². The van der Waals surface area contributed by atoms with Gasteiger partial charge in [-0.05, 0) is 73.4 Å². The maximum atomic E-state index is 13.0. The Balaban J connectivity index is 2.10. The highest BCUT2D eigenvalue weighted by atomic mass is 35.5. The molecule has 0 atom stereocenters. The third kappa shape index (κ3) is 3.25. The van der Waals surface area contributed by atoms with Gasteiger partial charge in [0.1, 0.15) is 5.57 Å². The predicted molar refractivity (Wildman–Crippen MR) is 106 cm³/mol. The highest BCUT2D eigenvalue weighted by Gasteiger charge is 2.39. The molecule has 2 aromatic rings. The van der Waals surface area contributed by atoms with E-state index < -0.39 is 5.91 Å². The van der Waals surface area contributed by atoms with Crippen LogP contribution >= 0.6 is 35.2 Å². The van der Waals surface area contributed by atoms with Crippen LogP contribution in [0, 0.1) is 6.92 Å². The average molecular weight is 391 g/mol. The van der Waals surface area contributed by atoms with Crippen molar-refractivity contribution in [1.82, 2.24) is 4.90 Å². The molecule has 0 aliphatic carbocycles. The third-order valence-corrected chi connectivity index (χ3v) is 5.53. The Bertz CT molecular complexity index is 887. The lowest BCUT2D eigenvalue weighted by Crippen LogP contribution is -2.56. The number of aryl methyl sites for hydroxylation is 1. The molecule has 0 radical (unpaired) electrons. The predicted octanol–water partition coefficient (Wildman–Crippen LogP) is 4.27. The van der Waals surface area contributed by atoms with Crippen molar-refractivity contribution in [3.05, 3.63) is 56.7 Å². The van der Waals surface area contributed by atoms with Crippen molar-refractivity contribution in [3.63, 3.8) is 0 Å². The number of thiophene rings is 1. The van der Waals surface area contributed by atoms with E-state index in [0.29, 0.717) is 17.3 Å². The molecular formula is C18H15ClN2O2S2. The number of hydrogen-bond acceptors (Lipinski definition) is 4. The molecule has 0 saturated carbocycles. The van der Waals surface area contributed by atoms with Gasteiger partial charge in [-0.3, -0.25) is 19.4 Å². The van der Waals surface area contributed by atoms with Gasteiger partial charge < -0.3 is 0 Å². The van der Waals surface area contributed by atoms with Crippen molar-refractivity contribution in [2.45, 2.75) is 13.8 Å². The first-order chi connectivity index (χ1) is 11.9. The van der Waals surface area contributed by atoms with Gasteiger partial charge in [-0.1, -0.05) is 11.6 Å². The van der Waals surface area contributed by atoms with Gasteiger partial charge in [0.15, 0.2) is 5.11 Å². The molecule has 0 bridgehead atoms. The van der Waals surface area contributed by atoms with Crippen molar-refractivity contribution < 1.29 is 9.59 Å². The number of hydrogen-bond donors (Lipinski definition) is 0. The van der Waals surface area contributed by atoms with E-state index >= 15 is 0 Å². The summed E-state index contributed by atoms with van der Waals surface area (Å²) >= 11 is 12.8. The first-order valence-electron chi connectivity index (χ1n) is 7.65. The molecule has 0 spiro atoms. The van der Waals surface area contributed by atoms with Crippen LogP contribution in [0.3, 0.4) is 0 Å². The van der Waals surface area contributed by atoms with E-state index in [4.69, 9.17) is 23.8 Å². The van der Waals surface area contributed by atoms with Crippen molar-refractivity contribution >= 4 is 63.8 Å². The Morgan fingerprint density at radius 3 is 2.40 bits per heavy atom. The van der Waals surface area contributed by atoms with E-state index in [-0.39, 0.29) is 16.6 Å². The summed E-state index contributed by atoms with van der Waals surface area (Å²) in [6, 6.07) is 8.75. The Labute approximate surface area is 160 Å². The molecule has 25 heavy (non-hydrogen) atoms. The lowest BCUT2D eigenvalue weighted by molar-refractivity contribution is -0.127. The minimum Gasteiger partial charge on any atom is -0.285 e. The van der Waals surface area contributed by atoms with Crippen LogP contribution in [0.25, 0.3) is 6.08 Å². The van der Waals surface area contributed by atoms with E-state index in [9.17, 15) is 9.59 Å². The second kappa shape index (κ2) is 7.07. The Morgan fingerprint density at radius 2 is 1.84 bits per heavy atom. The maximum Gasteiger partial charge on any atom is 0.270 e. The minimum atomic E-state index is -0.421. The molecule has 1 saturated heterocycles. The minimum absolute atomic E-state index is 0.107. The molecule has 1 aromatic carbocycles. The Morgan fingerprint density at radius 1 is 1.16 bits per heavy atom. The number of nitrogens with zero attached hydrogens (tertiary/aromatic N) is 2. The van der Waals surface area contributed by atoms with E-state index in [1.807, 2.05) is 25.3 Å². The van der Waals surface area contributed by atoms with Gasteiger partial charge in [0, 0.05) is 16.4 Å². The number of carbonyl (C=O) groups excluding carboxylic acids is 2. The summed E-state index contributed by atoms with van der Waals surface area (Å²) in [6.45, 7) is 4.16. The fraction of sp³-hybridized carbons (Fsp3) is 0.167. The lowest BCUT2D eigenvalue weighted by atomic mass is 10.1. The maximum absolute atomic E-state index is 13.0. The van der Waals surface area contributed by atoms with Crippen molar-refractivity contribution in [3.8, 4) is 0 Å². The van der Waals surface area contributed by atoms with Gasteiger partial charge in [0.05, 0.1) is 5.69 Å². The molecule has 4 nitrogen and oxygen atoms in total. The largest absolute Gasteiger partial charge is 0.285 e. The van der Waals surface area contributed by atoms with Crippen LogP contribution in [0.5, 0.6) is 0 Å². The van der Waals surface area contributed by atoms with Crippen LogP contribution in [-0.4, -0.2) is 28.4 Å². The van der Waals surface area contributed by atoms with Crippen molar-refractivity contribution in [1.29, 1.82) is 0 Å². The molecule has 128 valence electrons. The number of benzene rings is 1. The molecule has 2 amide bonds. The number of thiocarbonyl (C=S) groups is 1. The van der Waals surface area contributed by atoms with Crippen molar-refractivity contribution in [2.75, 3.05) is 11.4 Å². The number of amides is 2. The van der Waals surface area contributed by atoms with Gasteiger partial charge in [0.25, 0.3) is 11.8 Å². The van der Waals surface area contributed by atoms with E-state index in [0.717, 1.165) is 10.4 Å². The van der Waals surface area contributed by atoms with Crippen LogP contribution in [0.2, 0.25) is 5.02 Å². The summed E-state index contributed by atoms with van der Waals surface area (Å²) in [5, 5.41) is 2.67. The summed E-state index contributed by atoms with van der Waals surface area (Å²) in [5.74, 6) is -0.787. The number of anilines is 1. The molecule has 2 heterocycles. The fourth-order valence-corrected chi connectivity index (χ4v) is 3.92. The number of carbonyl (C=O) groups is 2. The Hall–Kier alpha value is -2.02. The van der Waals surface area contributed by atoms with E-state index in [1.54, 1.807) is 30.3 Å². The zero-order valence-electron chi connectivity index (χ0n) is 13.7. The van der Waals surface area contributed by atoms with E-state index in [2.05, 4.69) is 0 Å². The second-order valence-corrected chi connectivity index (χ2v) is 7.22. The van der Waals surface area contributed by atoms with Gasteiger partial charge in [0.2, 0.25) is 0 Å². The standard InChI is InChI=1S/C18H15ClN2O2S2/c1-3-20-16(22)14(10-15-11(2)8-9-25-15)17(23)21(18(20)24)13-6-4-12(19)5-7-13/h4-10H,3H2,1-2H3/b14-10+. The molecule has 1 fully saturated rings. The third-order valence-electron chi connectivity index (χ3n) is 3.91. The second-order valence-electron chi connectivity index (χ2n) is 5.47. The highest BCUT2D eigenvalue weighted by Crippen LogP contribution is 2.28. The summed E-state index contributed by atoms with van der Waals surface area (Å²) in [5.41, 5.74) is 1.71. The topological polar surface area (TPSA) is 40.6 Å². The first kappa shape index (κ1) is 17.8. The van der Waals surface area contributed by atoms with Crippen LogP contribution in [0.15, 0.2) is 41.3 Å². The number of likely N-dealkylation sites (N-methyl/N-ethyl adjacent to an activating group) is 1. The Kier molecular flexibility index (Phi) is 5.03. The summed E-state index contributed by atoms with van der Waals surface area (Å²) in [4.78, 5) is 29.5. The molecule has 0 N–H and O–H groups in total. The fourth-order valence-electron chi connectivity index (χ4n) is 2.54. The molecule has 1 aliphatic rings. The average Bonchev–Trinajstić information content (AvgIpc) is 2.99. The SMILES string of the molecule is CCN1C(=O)/C(=C\c2sccc2C)C(=O)N(c2ccc(Cl)cc2)C1=S. The highest BCUT2D eigenvalue weighted by molar-refractivity contribution is 7.80. The van der Waals surface area contributed by atoms with Crippen LogP contribution in [-0.2, 0) is 9.59 Å². The quantitative estimate of drug-likeness (QED) is 0.446. The zero-order valence-corrected chi connectivity index (χ0v) is 16.0. The van der Waals surface area contributed by atoms with Gasteiger partial charge in [-0.15, -0.1) is 11.3 Å². The number of rotatable bonds is 3. The monoisotopic (exact) mass is 390 g/mol. The van der Waals surface area contributed by atoms with Gasteiger partial charge >= 0.3 is 0 Å². The normalized spacial score (nSPS) is 16.9. The number of halogens is 1. The van der Waals surface area contributed by atoms with Crippen LogP contribution in [0.1, 0.15) is 17.4 Å². The molecule has 3 rings (SSSR count). The smallest absolute Gasteiger partial charge is 0.270 e. The molecule has 0 unspecified atom stereocenters. The van der Waals surface area contributed by atoms with Crippen molar-refractivity contribution in [2.24, 2.45) is 0 Å². The van der Waals surface area contributed by atoms with Crippen LogP contribution in [0.4, 0.5) is 5.69 Å². The molecular weight excluding hydrogens is 376 g/mol. The molecule has 1 aromatic heterocycles. The summed E-state index contributed by atoms with van der Waals surface area (Å²) in [6.07, 6.45) is 1.65. The molecule has 1 aliphatic heterocycles.